The summed E-state index contributed by atoms with van der Waals surface area (Å²) in [6, 6.07) is 6.63. The predicted octanol–water partition coefficient (Wildman–Crippen LogP) is 1.08. The van der Waals surface area contributed by atoms with E-state index in [-0.39, 0.29) is 11.5 Å². The van der Waals surface area contributed by atoms with Gasteiger partial charge < -0.3 is 9.84 Å². The van der Waals surface area contributed by atoms with Crippen LogP contribution < -0.4 is 0 Å². The second-order valence-corrected chi connectivity index (χ2v) is 6.46. The molecule has 0 spiro atoms. The molecule has 0 heterocycles. The lowest BCUT2D eigenvalue weighted by Gasteiger charge is -2.17. The van der Waals surface area contributed by atoms with Gasteiger partial charge >= 0.3 is 0 Å². The molecule has 1 aromatic carbocycles. The average Bonchev–Trinajstić information content (AvgIpc) is 2.48. The van der Waals surface area contributed by atoms with Crippen molar-refractivity contribution in [3.05, 3.63) is 29.8 Å². The molecule has 0 aromatic heterocycles. The Labute approximate surface area is 126 Å². The van der Waals surface area contributed by atoms with E-state index in [1.165, 1.54) is 4.31 Å². The predicted molar refractivity (Wildman–Crippen MR) is 81.3 cm³/mol. The van der Waals surface area contributed by atoms with Gasteiger partial charge in [0, 0.05) is 39.3 Å². The number of ether oxygens (including phenoxy) is 1. The molecule has 0 atom stereocenters. The molecule has 21 heavy (non-hydrogen) atoms. The molecule has 1 aromatic rings. The zero-order valence-corrected chi connectivity index (χ0v) is 13.2. The van der Waals surface area contributed by atoms with Gasteiger partial charge in [-0.1, -0.05) is 24.0 Å². The van der Waals surface area contributed by atoms with Gasteiger partial charge in [-0.25, -0.2) is 12.7 Å². The van der Waals surface area contributed by atoms with Crippen LogP contribution in [0.3, 0.4) is 0 Å². The first-order chi connectivity index (χ1) is 10.0. The monoisotopic (exact) mass is 311 g/mol. The molecule has 5 nitrogen and oxygen atoms in total. The molecule has 0 aliphatic carbocycles. The number of methoxy groups -OCH3 is 1. The second kappa shape index (κ2) is 8.80. The smallest absolute Gasteiger partial charge is 0.244 e. The van der Waals surface area contributed by atoms with E-state index in [1.54, 1.807) is 38.4 Å². The average molecular weight is 311 g/mol. The standard InChI is InChI=1S/C15H21NO4S/c1-16(11-7-13-20-2)21(18,19)15-10-4-3-8-14(15)9-5-6-12-17/h3-4,8,10,17H,6-7,11-13H2,1-2H3. The van der Waals surface area contributed by atoms with Gasteiger partial charge in [-0.2, -0.15) is 0 Å². The molecule has 0 aliphatic rings. The summed E-state index contributed by atoms with van der Waals surface area (Å²) in [5, 5.41) is 8.74. The van der Waals surface area contributed by atoms with Gasteiger partial charge in [0.15, 0.2) is 0 Å². The molecule has 0 saturated heterocycles. The Morgan fingerprint density at radius 1 is 1.33 bits per heavy atom. The molecule has 0 saturated carbocycles. The van der Waals surface area contributed by atoms with Crippen molar-refractivity contribution in [3.8, 4) is 11.8 Å². The van der Waals surface area contributed by atoms with Gasteiger partial charge in [0.25, 0.3) is 0 Å². The molecule has 1 rings (SSSR count). The molecule has 116 valence electrons. The van der Waals surface area contributed by atoms with Gasteiger partial charge in [-0.3, -0.25) is 0 Å². The number of aliphatic hydroxyl groups excluding tert-OH is 1. The zero-order chi connectivity index (χ0) is 15.7. The van der Waals surface area contributed by atoms with E-state index in [0.29, 0.717) is 31.6 Å². The molecular weight excluding hydrogens is 290 g/mol. The molecule has 0 fully saturated rings. The third-order valence-electron chi connectivity index (χ3n) is 2.86. The molecule has 0 radical (unpaired) electrons. The fraction of sp³-hybridized carbons (Fsp3) is 0.467. The van der Waals surface area contributed by atoms with Crippen LogP contribution in [-0.4, -0.2) is 51.7 Å². The van der Waals surface area contributed by atoms with Crippen molar-refractivity contribution in [3.63, 3.8) is 0 Å². The largest absolute Gasteiger partial charge is 0.395 e. The maximum Gasteiger partial charge on any atom is 0.244 e. The SMILES string of the molecule is COCCCN(C)S(=O)(=O)c1ccccc1C#CCCO. The minimum atomic E-state index is -3.57. The van der Waals surface area contributed by atoms with Crippen molar-refractivity contribution < 1.29 is 18.3 Å². The highest BCUT2D eigenvalue weighted by Gasteiger charge is 2.22. The number of rotatable bonds is 7. The normalized spacial score (nSPS) is 11.2. The van der Waals surface area contributed by atoms with Crippen LogP contribution in [0.5, 0.6) is 0 Å². The lowest BCUT2D eigenvalue weighted by molar-refractivity contribution is 0.189. The Morgan fingerprint density at radius 3 is 2.71 bits per heavy atom. The third-order valence-corrected chi connectivity index (χ3v) is 4.77. The van der Waals surface area contributed by atoms with Gasteiger partial charge in [0.05, 0.1) is 11.5 Å². The lowest BCUT2D eigenvalue weighted by Crippen LogP contribution is -2.29. The van der Waals surface area contributed by atoms with Crippen molar-refractivity contribution in [2.24, 2.45) is 0 Å². The molecule has 0 unspecified atom stereocenters. The molecule has 0 amide bonds. The van der Waals surface area contributed by atoms with Crippen LogP contribution in [0, 0.1) is 11.8 Å². The van der Waals surface area contributed by atoms with Gasteiger partial charge in [0.2, 0.25) is 10.0 Å². The Bertz CT molecular complexity index is 602. The van der Waals surface area contributed by atoms with Crippen LogP contribution in [0.1, 0.15) is 18.4 Å². The number of sulfonamides is 1. The van der Waals surface area contributed by atoms with Gasteiger partial charge in [-0.05, 0) is 18.6 Å². The first kappa shape index (κ1) is 17.7. The van der Waals surface area contributed by atoms with Crippen molar-refractivity contribution in [1.29, 1.82) is 0 Å². The highest BCUT2D eigenvalue weighted by atomic mass is 32.2. The summed E-state index contributed by atoms with van der Waals surface area (Å²) in [4.78, 5) is 0.190. The number of aliphatic hydroxyl groups is 1. The van der Waals surface area contributed by atoms with Gasteiger partial charge in [-0.15, -0.1) is 0 Å². The molecule has 1 N–H and O–H groups in total. The zero-order valence-electron chi connectivity index (χ0n) is 12.4. The number of hydrogen-bond donors (Lipinski definition) is 1. The van der Waals surface area contributed by atoms with Crippen LogP contribution in [0.4, 0.5) is 0 Å². The highest BCUT2D eigenvalue weighted by molar-refractivity contribution is 7.89. The summed E-state index contributed by atoms with van der Waals surface area (Å²) in [5.74, 6) is 5.55. The van der Waals surface area contributed by atoms with Crippen LogP contribution in [0.25, 0.3) is 0 Å². The quantitative estimate of drug-likeness (QED) is 0.604. The van der Waals surface area contributed by atoms with Crippen molar-refractivity contribution in [1.82, 2.24) is 4.31 Å². The first-order valence-electron chi connectivity index (χ1n) is 6.68. The van der Waals surface area contributed by atoms with E-state index in [1.807, 2.05) is 0 Å². The van der Waals surface area contributed by atoms with Crippen LogP contribution in [-0.2, 0) is 14.8 Å². The van der Waals surface area contributed by atoms with Crippen molar-refractivity contribution in [2.45, 2.75) is 17.7 Å². The fourth-order valence-electron chi connectivity index (χ4n) is 1.73. The number of nitrogens with zero attached hydrogens (tertiary/aromatic N) is 1. The Kier molecular flexibility index (Phi) is 7.40. The van der Waals surface area contributed by atoms with Crippen LogP contribution in [0.2, 0.25) is 0 Å². The fourth-order valence-corrected chi connectivity index (χ4v) is 3.08. The summed E-state index contributed by atoms with van der Waals surface area (Å²) in [6.45, 7) is 0.852. The van der Waals surface area contributed by atoms with E-state index < -0.39 is 10.0 Å². The topological polar surface area (TPSA) is 66.8 Å². The molecule has 0 bridgehead atoms. The Balaban J connectivity index is 3.00. The third kappa shape index (κ3) is 5.14. The number of hydrogen-bond acceptors (Lipinski definition) is 4. The summed E-state index contributed by atoms with van der Waals surface area (Å²) in [5.41, 5.74) is 0.449. The maximum absolute atomic E-state index is 12.5. The lowest BCUT2D eigenvalue weighted by atomic mass is 10.2. The van der Waals surface area contributed by atoms with Crippen molar-refractivity contribution >= 4 is 10.0 Å². The summed E-state index contributed by atoms with van der Waals surface area (Å²) in [6.07, 6.45) is 0.947. The Morgan fingerprint density at radius 2 is 2.05 bits per heavy atom. The van der Waals surface area contributed by atoms with E-state index in [2.05, 4.69) is 11.8 Å². The van der Waals surface area contributed by atoms with Crippen molar-refractivity contribution in [2.75, 3.05) is 33.9 Å². The second-order valence-electron chi connectivity index (χ2n) is 4.44. The van der Waals surface area contributed by atoms with E-state index in [0.717, 1.165) is 0 Å². The first-order valence-corrected chi connectivity index (χ1v) is 8.12. The van der Waals surface area contributed by atoms with Crippen LogP contribution in [0.15, 0.2) is 29.2 Å². The highest BCUT2D eigenvalue weighted by Crippen LogP contribution is 2.18. The maximum atomic E-state index is 12.5. The van der Waals surface area contributed by atoms with E-state index in [9.17, 15) is 8.42 Å². The van der Waals surface area contributed by atoms with Gasteiger partial charge in [0.1, 0.15) is 0 Å². The Hall–Kier alpha value is -1.39. The minimum absolute atomic E-state index is 0.0428. The minimum Gasteiger partial charge on any atom is -0.395 e. The van der Waals surface area contributed by atoms with E-state index >= 15 is 0 Å². The summed E-state index contributed by atoms with van der Waals surface area (Å²) >= 11 is 0. The van der Waals surface area contributed by atoms with Crippen LogP contribution >= 0.6 is 0 Å². The summed E-state index contributed by atoms with van der Waals surface area (Å²) < 4.78 is 31.3. The van der Waals surface area contributed by atoms with E-state index in [4.69, 9.17) is 9.84 Å². The summed E-state index contributed by atoms with van der Waals surface area (Å²) in [7, 11) is -0.446. The number of benzene rings is 1. The molecule has 6 heteroatoms. The molecule has 0 aliphatic heterocycles. The molecular formula is C15H21NO4S.